The molecule has 2 aromatic rings. The van der Waals surface area contributed by atoms with Crippen molar-refractivity contribution in [1.29, 1.82) is 0 Å². The highest BCUT2D eigenvalue weighted by molar-refractivity contribution is 7.35. The van der Waals surface area contributed by atoms with Gasteiger partial charge in [0.2, 0.25) is 0 Å². The minimum Gasteiger partial charge on any atom is -0.256 e. The first-order valence-corrected chi connectivity index (χ1v) is 8.28. The molecular formula is C18H18BCl2N. The van der Waals surface area contributed by atoms with E-state index in [9.17, 15) is 0 Å². The van der Waals surface area contributed by atoms with E-state index in [4.69, 9.17) is 22.9 Å². The van der Waals surface area contributed by atoms with Crippen LogP contribution < -0.4 is 0 Å². The Hall–Kier alpha value is -1.25. The molecule has 0 fully saturated rings. The van der Waals surface area contributed by atoms with Crippen LogP contribution in [-0.4, -0.2) is 10.5 Å². The maximum Gasteiger partial charge on any atom is 0.365 e. The van der Waals surface area contributed by atoms with E-state index in [1.54, 1.807) is 0 Å². The third-order valence-corrected chi connectivity index (χ3v) is 6.01. The van der Waals surface area contributed by atoms with Crippen LogP contribution >= 0.6 is 22.9 Å². The average molecular weight is 330 g/mol. The second kappa shape index (κ2) is 5.44. The zero-order valence-electron chi connectivity index (χ0n) is 13.2. The molecule has 1 aromatic heterocycles. The van der Waals surface area contributed by atoms with Gasteiger partial charge >= 0.3 is 5.54 Å². The summed E-state index contributed by atoms with van der Waals surface area (Å²) in [5.74, 6) is 0. The van der Waals surface area contributed by atoms with Gasteiger partial charge in [-0.25, -0.2) is 0 Å². The first-order chi connectivity index (χ1) is 10.4. The van der Waals surface area contributed by atoms with E-state index in [0.717, 1.165) is 16.5 Å². The zero-order valence-corrected chi connectivity index (χ0v) is 14.8. The highest BCUT2D eigenvalue weighted by Gasteiger charge is 2.47. The van der Waals surface area contributed by atoms with Crippen LogP contribution in [0.3, 0.4) is 0 Å². The monoisotopic (exact) mass is 329 g/mol. The molecule has 1 aliphatic carbocycles. The molecule has 0 saturated heterocycles. The Bertz CT molecular complexity index is 817. The number of halogens is 2. The highest BCUT2D eigenvalue weighted by Crippen LogP contribution is 2.60. The Balaban J connectivity index is 2.35. The normalized spacial score (nSPS) is 21.9. The Morgan fingerprint density at radius 3 is 2.36 bits per heavy atom. The van der Waals surface area contributed by atoms with Gasteiger partial charge in [0.25, 0.3) is 0 Å². The van der Waals surface area contributed by atoms with Crippen LogP contribution in [0.5, 0.6) is 0 Å². The van der Waals surface area contributed by atoms with Crippen molar-refractivity contribution < 1.29 is 0 Å². The fraction of sp³-hybridized carbons (Fsp3) is 0.278. The summed E-state index contributed by atoms with van der Waals surface area (Å²) < 4.78 is 0. The molecule has 0 saturated carbocycles. The smallest absolute Gasteiger partial charge is 0.256 e. The zero-order chi connectivity index (χ0) is 16.1. The number of para-hydroxylation sites is 1. The van der Waals surface area contributed by atoms with Crippen LogP contribution in [0.2, 0.25) is 5.31 Å². The molecule has 22 heavy (non-hydrogen) atoms. The summed E-state index contributed by atoms with van der Waals surface area (Å²) in [6.07, 6.45) is 1.83. The molecule has 1 heterocycles. The van der Waals surface area contributed by atoms with Gasteiger partial charge in [0, 0.05) is 22.5 Å². The second-order valence-corrected chi connectivity index (χ2v) is 7.23. The number of nitrogens with zero attached hydrogens (tertiary/aromatic N) is 1. The van der Waals surface area contributed by atoms with Crippen molar-refractivity contribution in [3.63, 3.8) is 0 Å². The third-order valence-electron chi connectivity index (χ3n) is 5.14. The van der Waals surface area contributed by atoms with E-state index >= 15 is 0 Å². The molecule has 3 rings (SSSR count). The molecule has 0 aliphatic heterocycles. The summed E-state index contributed by atoms with van der Waals surface area (Å²) in [7, 11) is 0. The maximum absolute atomic E-state index is 6.42. The Morgan fingerprint density at radius 2 is 1.68 bits per heavy atom. The number of benzene rings is 1. The van der Waals surface area contributed by atoms with Gasteiger partial charge in [-0.3, -0.25) is 4.98 Å². The molecular weight excluding hydrogens is 312 g/mol. The first-order valence-electron chi connectivity index (χ1n) is 7.41. The number of hydrogen-bond donors (Lipinski definition) is 0. The van der Waals surface area contributed by atoms with Crippen molar-refractivity contribution in [1.82, 2.24) is 4.98 Å². The van der Waals surface area contributed by atoms with Crippen LogP contribution in [0, 0.1) is 0 Å². The van der Waals surface area contributed by atoms with Crippen LogP contribution in [0.25, 0.3) is 16.5 Å². The standard InChI is InChI=1S/C18H18BCl2N/c1-11-12(2)16(18(4,13(11)3)19(20)21)15-9-5-7-14-8-6-10-22-17(14)15/h5-10H,1-4H3. The first kappa shape index (κ1) is 15.6. The third kappa shape index (κ3) is 2.05. The van der Waals surface area contributed by atoms with Crippen LogP contribution in [0.1, 0.15) is 33.3 Å². The van der Waals surface area contributed by atoms with Crippen molar-refractivity contribution >= 4 is 44.9 Å². The van der Waals surface area contributed by atoms with E-state index in [2.05, 4.69) is 56.9 Å². The number of fused-ring (bicyclic) bond motifs is 1. The van der Waals surface area contributed by atoms with E-state index in [1.807, 2.05) is 12.3 Å². The molecule has 0 radical (unpaired) electrons. The summed E-state index contributed by atoms with van der Waals surface area (Å²) in [4.78, 5) is 4.60. The topological polar surface area (TPSA) is 12.9 Å². The molecule has 1 nitrogen and oxygen atoms in total. The van der Waals surface area contributed by atoms with Crippen molar-refractivity contribution in [3.05, 3.63) is 58.8 Å². The minimum atomic E-state index is -0.506. The van der Waals surface area contributed by atoms with Crippen molar-refractivity contribution in [2.24, 2.45) is 0 Å². The number of hydrogen-bond acceptors (Lipinski definition) is 1. The maximum atomic E-state index is 6.42. The fourth-order valence-electron chi connectivity index (χ4n) is 3.50. The number of allylic oxidation sites excluding steroid dienone is 4. The quantitative estimate of drug-likeness (QED) is 0.608. The van der Waals surface area contributed by atoms with Gasteiger partial charge in [-0.1, -0.05) is 36.8 Å². The highest BCUT2D eigenvalue weighted by atomic mass is 35.5. The Labute approximate surface area is 141 Å². The second-order valence-electron chi connectivity index (χ2n) is 6.13. The molecule has 1 unspecified atom stereocenters. The molecule has 0 amide bonds. The van der Waals surface area contributed by atoms with Gasteiger partial charge in [0.05, 0.1) is 5.52 Å². The lowest BCUT2D eigenvalue weighted by Crippen LogP contribution is -2.22. The van der Waals surface area contributed by atoms with Crippen molar-refractivity contribution in [2.75, 3.05) is 0 Å². The van der Waals surface area contributed by atoms with Gasteiger partial charge in [0.1, 0.15) is 0 Å². The minimum absolute atomic E-state index is 0.386. The van der Waals surface area contributed by atoms with E-state index in [0.29, 0.717) is 0 Å². The molecule has 0 N–H and O–H groups in total. The lowest BCUT2D eigenvalue weighted by molar-refractivity contribution is 0.913. The predicted octanol–water partition coefficient (Wildman–Crippen LogP) is 6.08. The van der Waals surface area contributed by atoms with Crippen molar-refractivity contribution in [3.8, 4) is 0 Å². The lowest BCUT2D eigenvalue weighted by atomic mass is 9.59. The van der Waals surface area contributed by atoms with Gasteiger partial charge in [0.15, 0.2) is 0 Å². The SMILES string of the molecule is CC1=C(C)C(C)(B(Cl)Cl)C(c2cccc3cccnc23)=C1C. The molecule has 112 valence electrons. The van der Waals surface area contributed by atoms with E-state index in [1.165, 1.54) is 22.3 Å². The van der Waals surface area contributed by atoms with Gasteiger partial charge in [-0.15, -0.1) is 0 Å². The van der Waals surface area contributed by atoms with Gasteiger partial charge < -0.3 is 0 Å². The van der Waals surface area contributed by atoms with Crippen LogP contribution in [0.15, 0.2) is 53.2 Å². The molecule has 1 aliphatic rings. The fourth-order valence-corrected chi connectivity index (χ4v) is 4.04. The van der Waals surface area contributed by atoms with E-state index in [-0.39, 0.29) is 5.31 Å². The molecule has 4 heteroatoms. The van der Waals surface area contributed by atoms with E-state index < -0.39 is 5.54 Å². The summed E-state index contributed by atoms with van der Waals surface area (Å²) in [5, 5.41) is 0.744. The summed E-state index contributed by atoms with van der Waals surface area (Å²) in [6.45, 7) is 8.55. The largest absolute Gasteiger partial charge is 0.365 e. The molecule has 0 bridgehead atoms. The molecule has 1 aromatic carbocycles. The van der Waals surface area contributed by atoms with Gasteiger partial charge in [-0.2, -0.15) is 22.9 Å². The van der Waals surface area contributed by atoms with Gasteiger partial charge in [-0.05, 0) is 43.6 Å². The Morgan fingerprint density at radius 1 is 1.00 bits per heavy atom. The molecule has 0 spiro atoms. The van der Waals surface area contributed by atoms with Crippen LogP contribution in [-0.2, 0) is 0 Å². The molecule has 1 atom stereocenters. The lowest BCUT2D eigenvalue weighted by Gasteiger charge is -2.31. The van der Waals surface area contributed by atoms with Crippen molar-refractivity contribution in [2.45, 2.75) is 33.0 Å². The number of aromatic nitrogens is 1. The number of pyridine rings is 1. The van der Waals surface area contributed by atoms with Crippen LogP contribution in [0.4, 0.5) is 0 Å². The summed E-state index contributed by atoms with van der Waals surface area (Å²) >= 11 is 12.8. The average Bonchev–Trinajstić information content (AvgIpc) is 2.69. The predicted molar refractivity (Wildman–Crippen MR) is 98.5 cm³/mol. The summed E-state index contributed by atoms with van der Waals surface area (Å²) in [6, 6.07) is 10.3. The Kier molecular flexibility index (Phi) is 3.86. The summed E-state index contributed by atoms with van der Waals surface area (Å²) in [5.41, 5.74) is 6.59. The number of rotatable bonds is 2.